The van der Waals surface area contributed by atoms with Gasteiger partial charge in [0.15, 0.2) is 0 Å². The number of benzene rings is 1. The van der Waals surface area contributed by atoms with Crippen LogP contribution in [0, 0.1) is 6.92 Å². The summed E-state index contributed by atoms with van der Waals surface area (Å²) in [5, 5.41) is 5.79. The van der Waals surface area contributed by atoms with Crippen LogP contribution in [0.1, 0.15) is 11.3 Å². The molecule has 0 saturated carbocycles. The third-order valence-electron chi connectivity index (χ3n) is 2.74. The molecule has 0 unspecified atom stereocenters. The number of aryl methyl sites for hydroxylation is 1. The first-order valence-electron chi connectivity index (χ1n) is 6.12. The van der Waals surface area contributed by atoms with E-state index in [1.165, 1.54) is 5.56 Å². The van der Waals surface area contributed by atoms with Gasteiger partial charge in [0.05, 0.1) is 6.54 Å². The van der Waals surface area contributed by atoms with E-state index in [0.29, 0.717) is 5.76 Å². The summed E-state index contributed by atoms with van der Waals surface area (Å²) in [5.41, 5.74) is 10.3. The lowest BCUT2D eigenvalue weighted by Gasteiger charge is -2.00. The number of hydrogen-bond donors (Lipinski definition) is 1. The quantitative estimate of drug-likeness (QED) is 0.513. The van der Waals surface area contributed by atoms with Crippen molar-refractivity contribution in [3.05, 3.63) is 58.2 Å². The van der Waals surface area contributed by atoms with Crippen LogP contribution in [-0.2, 0) is 11.3 Å². The summed E-state index contributed by atoms with van der Waals surface area (Å²) in [6.07, 6.45) is 0. The summed E-state index contributed by atoms with van der Waals surface area (Å²) < 4.78 is 5.65. The maximum Gasteiger partial charge on any atom is 0.226 e. The van der Waals surface area contributed by atoms with Gasteiger partial charge in [0.2, 0.25) is 5.91 Å². The average Bonchev–Trinajstić information content (AvgIpc) is 2.92. The second kappa shape index (κ2) is 6.45. The first-order chi connectivity index (χ1) is 9.69. The third-order valence-corrected chi connectivity index (χ3v) is 2.74. The number of nitrogens with one attached hydrogen (secondary N) is 1. The standard InChI is InChI=1S/C14H14N4O2/c1-10-2-4-11(5-3-10)13-7-6-12(20-13)8-16-14(19)9-17-18-15/h2-7H,8-9H2,1H3,(H,16,19). The molecular formula is C14H14N4O2. The Balaban J connectivity index is 1.97. The minimum absolute atomic E-state index is 0.206. The number of rotatable bonds is 5. The lowest BCUT2D eigenvalue weighted by molar-refractivity contribution is -0.119. The van der Waals surface area contributed by atoms with E-state index < -0.39 is 0 Å². The zero-order valence-electron chi connectivity index (χ0n) is 11.0. The molecular weight excluding hydrogens is 256 g/mol. The van der Waals surface area contributed by atoms with E-state index in [-0.39, 0.29) is 19.0 Å². The molecule has 0 bridgehead atoms. The Kier molecular flexibility index (Phi) is 4.42. The van der Waals surface area contributed by atoms with Gasteiger partial charge in [-0.2, -0.15) is 0 Å². The molecule has 1 heterocycles. The maximum absolute atomic E-state index is 11.3. The summed E-state index contributed by atoms with van der Waals surface area (Å²) in [5.74, 6) is 1.07. The van der Waals surface area contributed by atoms with E-state index in [2.05, 4.69) is 15.3 Å². The van der Waals surface area contributed by atoms with E-state index in [1.807, 2.05) is 43.3 Å². The Hall–Kier alpha value is -2.72. The Morgan fingerprint density at radius 3 is 2.75 bits per heavy atom. The molecule has 0 atom stereocenters. The average molecular weight is 270 g/mol. The molecule has 2 rings (SSSR count). The number of carbonyl (C=O) groups excluding carboxylic acids is 1. The highest BCUT2D eigenvalue weighted by molar-refractivity contribution is 5.78. The minimum Gasteiger partial charge on any atom is -0.459 e. The van der Waals surface area contributed by atoms with Crippen LogP contribution in [0.25, 0.3) is 21.8 Å². The Bertz CT molecular complexity index is 639. The van der Waals surface area contributed by atoms with Crippen molar-refractivity contribution in [2.24, 2.45) is 5.11 Å². The van der Waals surface area contributed by atoms with Crippen LogP contribution >= 0.6 is 0 Å². The van der Waals surface area contributed by atoms with E-state index in [0.717, 1.165) is 11.3 Å². The molecule has 1 N–H and O–H groups in total. The first kappa shape index (κ1) is 13.7. The van der Waals surface area contributed by atoms with E-state index in [4.69, 9.17) is 9.95 Å². The predicted molar refractivity (Wildman–Crippen MR) is 74.7 cm³/mol. The van der Waals surface area contributed by atoms with Crippen LogP contribution < -0.4 is 5.32 Å². The molecule has 2 aromatic rings. The molecule has 6 nitrogen and oxygen atoms in total. The minimum atomic E-state index is -0.337. The highest BCUT2D eigenvalue weighted by Gasteiger charge is 2.06. The van der Waals surface area contributed by atoms with Crippen LogP contribution in [0.3, 0.4) is 0 Å². The number of hydrogen-bond acceptors (Lipinski definition) is 3. The largest absolute Gasteiger partial charge is 0.459 e. The van der Waals surface area contributed by atoms with Crippen LogP contribution in [0.2, 0.25) is 0 Å². The highest BCUT2D eigenvalue weighted by atomic mass is 16.3. The van der Waals surface area contributed by atoms with Crippen molar-refractivity contribution in [3.8, 4) is 11.3 Å². The smallest absolute Gasteiger partial charge is 0.226 e. The number of azide groups is 1. The Morgan fingerprint density at radius 1 is 1.30 bits per heavy atom. The van der Waals surface area contributed by atoms with Crippen LogP contribution in [0.5, 0.6) is 0 Å². The molecule has 1 aromatic carbocycles. The summed E-state index contributed by atoms with van der Waals surface area (Å²) >= 11 is 0. The van der Waals surface area contributed by atoms with Crippen molar-refractivity contribution in [1.29, 1.82) is 0 Å². The Labute approximate surface area is 116 Å². The fourth-order valence-corrected chi connectivity index (χ4v) is 1.68. The van der Waals surface area contributed by atoms with Crippen LogP contribution in [0.15, 0.2) is 45.9 Å². The molecule has 1 amide bonds. The van der Waals surface area contributed by atoms with Gasteiger partial charge >= 0.3 is 0 Å². The molecule has 0 aliphatic rings. The molecule has 0 aliphatic carbocycles. The zero-order valence-corrected chi connectivity index (χ0v) is 11.0. The number of nitrogens with zero attached hydrogens (tertiary/aromatic N) is 3. The molecule has 1 aromatic heterocycles. The summed E-state index contributed by atoms with van der Waals surface area (Å²) in [6, 6.07) is 11.7. The van der Waals surface area contributed by atoms with Crippen LogP contribution in [0.4, 0.5) is 0 Å². The molecule has 0 fully saturated rings. The van der Waals surface area contributed by atoms with Gasteiger partial charge in [-0.3, -0.25) is 4.79 Å². The van der Waals surface area contributed by atoms with Crippen molar-refractivity contribution >= 4 is 5.91 Å². The molecule has 102 valence electrons. The monoisotopic (exact) mass is 270 g/mol. The van der Waals surface area contributed by atoms with Crippen LogP contribution in [-0.4, -0.2) is 12.5 Å². The van der Waals surface area contributed by atoms with Gasteiger partial charge in [-0.1, -0.05) is 34.9 Å². The lowest BCUT2D eigenvalue weighted by atomic mass is 10.1. The number of amides is 1. The molecule has 6 heteroatoms. The normalized spacial score (nSPS) is 9.85. The number of furan rings is 1. The summed E-state index contributed by atoms with van der Waals surface area (Å²) in [6.45, 7) is 2.09. The van der Waals surface area contributed by atoms with E-state index in [1.54, 1.807) is 0 Å². The van der Waals surface area contributed by atoms with Crippen molar-refractivity contribution in [1.82, 2.24) is 5.32 Å². The zero-order chi connectivity index (χ0) is 14.4. The third kappa shape index (κ3) is 3.63. The van der Waals surface area contributed by atoms with Gasteiger partial charge in [-0.25, -0.2) is 0 Å². The van der Waals surface area contributed by atoms with Gasteiger partial charge in [0.25, 0.3) is 0 Å². The summed E-state index contributed by atoms with van der Waals surface area (Å²) in [7, 11) is 0. The SMILES string of the molecule is Cc1ccc(-c2ccc(CNC(=O)CN=[N+]=[N-])o2)cc1. The fraction of sp³-hybridized carbons (Fsp3) is 0.214. The van der Waals surface area contributed by atoms with Gasteiger partial charge < -0.3 is 9.73 Å². The highest BCUT2D eigenvalue weighted by Crippen LogP contribution is 2.22. The van der Waals surface area contributed by atoms with E-state index >= 15 is 0 Å². The van der Waals surface area contributed by atoms with Gasteiger partial charge in [0, 0.05) is 10.5 Å². The first-order valence-corrected chi connectivity index (χ1v) is 6.12. The molecule has 20 heavy (non-hydrogen) atoms. The second-order valence-electron chi connectivity index (χ2n) is 4.30. The van der Waals surface area contributed by atoms with Crippen molar-refractivity contribution in [2.45, 2.75) is 13.5 Å². The molecule has 0 radical (unpaired) electrons. The van der Waals surface area contributed by atoms with Gasteiger partial charge in [-0.05, 0) is 24.6 Å². The Morgan fingerprint density at radius 2 is 2.05 bits per heavy atom. The van der Waals surface area contributed by atoms with Crippen molar-refractivity contribution in [2.75, 3.05) is 6.54 Å². The van der Waals surface area contributed by atoms with Gasteiger partial charge in [-0.15, -0.1) is 0 Å². The molecule has 0 spiro atoms. The van der Waals surface area contributed by atoms with Crippen molar-refractivity contribution < 1.29 is 9.21 Å². The predicted octanol–water partition coefficient (Wildman–Crippen LogP) is 3.18. The second-order valence-corrected chi connectivity index (χ2v) is 4.30. The van der Waals surface area contributed by atoms with E-state index in [9.17, 15) is 4.79 Å². The topological polar surface area (TPSA) is 91.0 Å². The maximum atomic E-state index is 11.3. The number of carbonyl (C=O) groups is 1. The molecule has 0 aliphatic heterocycles. The van der Waals surface area contributed by atoms with Gasteiger partial charge in [0.1, 0.15) is 18.1 Å². The van der Waals surface area contributed by atoms with Crippen molar-refractivity contribution in [3.63, 3.8) is 0 Å². The lowest BCUT2D eigenvalue weighted by Crippen LogP contribution is -2.24. The fourth-order valence-electron chi connectivity index (χ4n) is 1.68. The molecule has 0 saturated heterocycles. The summed E-state index contributed by atoms with van der Waals surface area (Å²) in [4.78, 5) is 13.8.